The van der Waals surface area contributed by atoms with Gasteiger partial charge in [0.1, 0.15) is 6.54 Å². The van der Waals surface area contributed by atoms with Gasteiger partial charge in [-0.05, 0) is 37.1 Å². The molecule has 2 aliphatic rings. The van der Waals surface area contributed by atoms with Crippen LogP contribution in [-0.2, 0) is 15.8 Å². The Morgan fingerprint density at radius 2 is 1.74 bits per heavy atom. The summed E-state index contributed by atoms with van der Waals surface area (Å²) < 4.78 is 38.5. The van der Waals surface area contributed by atoms with Gasteiger partial charge >= 0.3 is 6.18 Å². The Morgan fingerprint density at radius 1 is 1.06 bits per heavy atom. The van der Waals surface area contributed by atoms with Crippen LogP contribution < -0.4 is 5.32 Å². The topological polar surface area (TPSA) is 73.0 Å². The third-order valence-corrected chi connectivity index (χ3v) is 5.57. The molecule has 1 aromatic rings. The number of nitrogens with zero attached hydrogens (tertiary/aromatic N) is 3. The SMILES string of the molecule is O=C1CCCN1CCCN(CC(=O)N1CCNCC1)C(=O)c1ccc(C(F)(F)F)cc1. The Labute approximate surface area is 179 Å². The van der Waals surface area contributed by atoms with Crippen LogP contribution in [0.3, 0.4) is 0 Å². The minimum atomic E-state index is -4.48. The molecule has 0 atom stereocenters. The number of carbonyl (C=O) groups excluding carboxylic acids is 3. The highest BCUT2D eigenvalue weighted by Crippen LogP contribution is 2.29. The first-order valence-electron chi connectivity index (χ1n) is 10.5. The van der Waals surface area contributed by atoms with Gasteiger partial charge in [-0.25, -0.2) is 0 Å². The van der Waals surface area contributed by atoms with Crippen LogP contribution in [0.25, 0.3) is 0 Å². The summed E-state index contributed by atoms with van der Waals surface area (Å²) in [5, 5.41) is 3.15. The molecule has 0 unspecified atom stereocenters. The predicted octanol–water partition coefficient (Wildman–Crippen LogP) is 1.59. The zero-order valence-corrected chi connectivity index (χ0v) is 17.3. The predicted molar refractivity (Wildman–Crippen MR) is 107 cm³/mol. The standard InChI is InChI=1S/C21H27F3N4O3/c22-21(23,24)17-6-4-16(5-7-17)20(31)28(12-2-11-26-10-1-3-18(26)29)15-19(30)27-13-8-25-9-14-27/h4-7,25H,1-3,8-15H2. The van der Waals surface area contributed by atoms with Crippen molar-refractivity contribution >= 4 is 17.7 Å². The van der Waals surface area contributed by atoms with Crippen LogP contribution in [-0.4, -0.2) is 84.8 Å². The third-order valence-electron chi connectivity index (χ3n) is 5.57. The first kappa shape index (κ1) is 23.1. The molecule has 1 aromatic carbocycles. The summed E-state index contributed by atoms with van der Waals surface area (Å²) in [4.78, 5) is 42.3. The number of carbonyl (C=O) groups is 3. The zero-order chi connectivity index (χ0) is 22.4. The molecule has 31 heavy (non-hydrogen) atoms. The Bertz CT molecular complexity index is 792. The van der Waals surface area contributed by atoms with E-state index < -0.39 is 17.6 Å². The van der Waals surface area contributed by atoms with Gasteiger partial charge in [0.25, 0.3) is 5.91 Å². The zero-order valence-electron chi connectivity index (χ0n) is 17.3. The van der Waals surface area contributed by atoms with E-state index in [1.54, 1.807) is 9.80 Å². The van der Waals surface area contributed by atoms with Gasteiger partial charge < -0.3 is 20.0 Å². The van der Waals surface area contributed by atoms with Gasteiger partial charge in [0.2, 0.25) is 11.8 Å². The van der Waals surface area contributed by atoms with E-state index >= 15 is 0 Å². The highest BCUT2D eigenvalue weighted by Gasteiger charge is 2.31. The van der Waals surface area contributed by atoms with Gasteiger partial charge in [0, 0.05) is 57.8 Å². The van der Waals surface area contributed by atoms with E-state index in [0.29, 0.717) is 52.1 Å². The van der Waals surface area contributed by atoms with Crippen molar-refractivity contribution in [1.29, 1.82) is 0 Å². The molecule has 3 rings (SSSR count). The number of benzene rings is 1. The van der Waals surface area contributed by atoms with E-state index in [1.165, 1.54) is 4.90 Å². The smallest absolute Gasteiger partial charge is 0.343 e. The summed E-state index contributed by atoms with van der Waals surface area (Å²) in [6.45, 7) is 3.70. The number of nitrogens with one attached hydrogen (secondary N) is 1. The summed E-state index contributed by atoms with van der Waals surface area (Å²) in [5.74, 6) is -0.610. The molecular weight excluding hydrogens is 413 g/mol. The summed E-state index contributed by atoms with van der Waals surface area (Å²) >= 11 is 0. The number of halogens is 3. The second-order valence-corrected chi connectivity index (χ2v) is 7.77. The van der Waals surface area contributed by atoms with Crippen LogP contribution in [0.4, 0.5) is 13.2 Å². The van der Waals surface area contributed by atoms with Crippen LogP contribution >= 0.6 is 0 Å². The summed E-state index contributed by atoms with van der Waals surface area (Å²) in [7, 11) is 0. The number of amides is 3. The average Bonchev–Trinajstić information content (AvgIpc) is 3.17. The van der Waals surface area contributed by atoms with E-state index in [0.717, 1.165) is 30.7 Å². The highest BCUT2D eigenvalue weighted by atomic mass is 19.4. The Balaban J connectivity index is 1.67. The van der Waals surface area contributed by atoms with E-state index in [1.807, 2.05) is 0 Å². The number of likely N-dealkylation sites (tertiary alicyclic amines) is 1. The molecule has 7 nitrogen and oxygen atoms in total. The van der Waals surface area contributed by atoms with E-state index in [9.17, 15) is 27.6 Å². The highest BCUT2D eigenvalue weighted by molar-refractivity contribution is 5.96. The van der Waals surface area contributed by atoms with Crippen molar-refractivity contribution in [2.45, 2.75) is 25.4 Å². The number of hydrogen-bond acceptors (Lipinski definition) is 4. The first-order chi connectivity index (χ1) is 14.8. The Morgan fingerprint density at radius 3 is 2.32 bits per heavy atom. The van der Waals surface area contributed by atoms with Gasteiger partial charge in [0.15, 0.2) is 0 Å². The quantitative estimate of drug-likeness (QED) is 0.699. The molecule has 0 aliphatic carbocycles. The van der Waals surface area contributed by atoms with Gasteiger partial charge in [0.05, 0.1) is 5.56 Å². The van der Waals surface area contributed by atoms with Crippen LogP contribution in [0.2, 0.25) is 0 Å². The molecule has 2 fully saturated rings. The van der Waals surface area contributed by atoms with Crippen LogP contribution in [0, 0.1) is 0 Å². The molecule has 1 N–H and O–H groups in total. The molecule has 0 aromatic heterocycles. The van der Waals surface area contributed by atoms with Crippen molar-refractivity contribution in [2.75, 3.05) is 52.4 Å². The molecule has 2 saturated heterocycles. The first-order valence-corrected chi connectivity index (χ1v) is 10.5. The van der Waals surface area contributed by atoms with Gasteiger partial charge in [-0.15, -0.1) is 0 Å². The van der Waals surface area contributed by atoms with Crippen molar-refractivity contribution in [3.8, 4) is 0 Å². The van der Waals surface area contributed by atoms with Crippen molar-refractivity contribution in [2.24, 2.45) is 0 Å². The van der Waals surface area contributed by atoms with Gasteiger partial charge in [-0.1, -0.05) is 0 Å². The van der Waals surface area contributed by atoms with Crippen LogP contribution in [0.15, 0.2) is 24.3 Å². The lowest BCUT2D eigenvalue weighted by molar-refractivity contribution is -0.137. The number of rotatable bonds is 7. The molecule has 2 heterocycles. The molecule has 170 valence electrons. The number of piperazine rings is 1. The maximum Gasteiger partial charge on any atom is 0.416 e. The number of hydrogen-bond donors (Lipinski definition) is 1. The number of alkyl halides is 3. The lowest BCUT2D eigenvalue weighted by atomic mass is 10.1. The fourth-order valence-corrected chi connectivity index (χ4v) is 3.81. The summed E-state index contributed by atoms with van der Waals surface area (Å²) in [6, 6.07) is 4.01. The molecule has 0 spiro atoms. The average molecular weight is 440 g/mol. The van der Waals surface area contributed by atoms with Crippen molar-refractivity contribution < 1.29 is 27.6 Å². The molecule has 2 aliphatic heterocycles. The lowest BCUT2D eigenvalue weighted by Gasteiger charge is -2.31. The molecule has 0 bridgehead atoms. The lowest BCUT2D eigenvalue weighted by Crippen LogP contribution is -2.50. The third kappa shape index (κ3) is 6.19. The van der Waals surface area contributed by atoms with E-state index in [2.05, 4.69) is 5.32 Å². The largest absolute Gasteiger partial charge is 0.416 e. The molecular formula is C21H27F3N4O3. The summed E-state index contributed by atoms with van der Waals surface area (Å²) in [5.41, 5.74) is -0.738. The van der Waals surface area contributed by atoms with Crippen molar-refractivity contribution in [3.05, 3.63) is 35.4 Å². The van der Waals surface area contributed by atoms with Gasteiger partial charge in [-0.3, -0.25) is 14.4 Å². The normalized spacial score (nSPS) is 17.2. The molecule has 3 amide bonds. The van der Waals surface area contributed by atoms with Gasteiger partial charge in [-0.2, -0.15) is 13.2 Å². The molecule has 0 saturated carbocycles. The van der Waals surface area contributed by atoms with Crippen LogP contribution in [0.1, 0.15) is 35.2 Å². The van der Waals surface area contributed by atoms with E-state index in [4.69, 9.17) is 0 Å². The fraction of sp³-hybridized carbons (Fsp3) is 0.571. The van der Waals surface area contributed by atoms with Crippen LogP contribution in [0.5, 0.6) is 0 Å². The minimum absolute atomic E-state index is 0.0810. The second kappa shape index (κ2) is 10.1. The minimum Gasteiger partial charge on any atom is -0.343 e. The fourth-order valence-electron chi connectivity index (χ4n) is 3.81. The maximum absolute atomic E-state index is 13.0. The molecule has 0 radical (unpaired) electrons. The Hall–Kier alpha value is -2.62. The molecule has 10 heteroatoms. The van der Waals surface area contributed by atoms with Crippen molar-refractivity contribution in [3.63, 3.8) is 0 Å². The second-order valence-electron chi connectivity index (χ2n) is 7.77. The monoisotopic (exact) mass is 440 g/mol. The summed E-state index contributed by atoms with van der Waals surface area (Å²) in [6.07, 6.45) is -2.65. The maximum atomic E-state index is 13.0. The Kier molecular flexibility index (Phi) is 7.53. The van der Waals surface area contributed by atoms with Crippen molar-refractivity contribution in [1.82, 2.24) is 20.0 Å². The van der Waals surface area contributed by atoms with E-state index in [-0.39, 0.29) is 30.5 Å².